The van der Waals surface area contributed by atoms with Gasteiger partial charge in [0.2, 0.25) is 0 Å². The van der Waals surface area contributed by atoms with Crippen LogP contribution in [0.25, 0.3) is 6.08 Å². The standard InChI is InChI=1S/C10H11N/c1-3-9-7-5-6-8-10(9)11-4-2/h3-8H,1H2,2H3/b11-4-. The van der Waals surface area contributed by atoms with Crippen LogP contribution in [-0.2, 0) is 0 Å². The molecular weight excluding hydrogens is 134 g/mol. The highest BCUT2D eigenvalue weighted by atomic mass is 14.7. The molecule has 1 nitrogen and oxygen atoms in total. The summed E-state index contributed by atoms with van der Waals surface area (Å²) in [5, 5.41) is 0. The third-order valence-electron chi connectivity index (χ3n) is 1.42. The summed E-state index contributed by atoms with van der Waals surface area (Å²) in [6.45, 7) is 5.60. The second-order valence-corrected chi connectivity index (χ2v) is 2.15. The molecular formula is C10H11N. The number of hydrogen-bond donors (Lipinski definition) is 0. The van der Waals surface area contributed by atoms with E-state index in [2.05, 4.69) is 11.6 Å². The van der Waals surface area contributed by atoms with E-state index < -0.39 is 0 Å². The van der Waals surface area contributed by atoms with E-state index >= 15 is 0 Å². The van der Waals surface area contributed by atoms with Gasteiger partial charge in [0, 0.05) is 6.21 Å². The molecule has 0 radical (unpaired) electrons. The summed E-state index contributed by atoms with van der Waals surface area (Å²) in [5.41, 5.74) is 2.05. The van der Waals surface area contributed by atoms with Gasteiger partial charge in [-0.15, -0.1) is 0 Å². The topological polar surface area (TPSA) is 12.4 Å². The highest BCUT2D eigenvalue weighted by Crippen LogP contribution is 2.18. The SMILES string of the molecule is C=Cc1ccccc1/N=C\C. The van der Waals surface area contributed by atoms with Crippen LogP contribution in [0.15, 0.2) is 35.8 Å². The largest absolute Gasteiger partial charge is 0.261 e. The zero-order chi connectivity index (χ0) is 8.10. The quantitative estimate of drug-likeness (QED) is 0.567. The van der Waals surface area contributed by atoms with Gasteiger partial charge in [-0.25, -0.2) is 0 Å². The van der Waals surface area contributed by atoms with Crippen molar-refractivity contribution in [2.45, 2.75) is 6.92 Å². The van der Waals surface area contributed by atoms with Gasteiger partial charge in [0.15, 0.2) is 0 Å². The molecule has 0 saturated carbocycles. The number of para-hydroxylation sites is 1. The minimum absolute atomic E-state index is 0.977. The summed E-state index contributed by atoms with van der Waals surface area (Å²) in [6.07, 6.45) is 3.59. The molecule has 0 N–H and O–H groups in total. The van der Waals surface area contributed by atoms with Crippen LogP contribution in [-0.4, -0.2) is 6.21 Å². The molecule has 0 saturated heterocycles. The molecule has 0 unspecified atom stereocenters. The Bertz CT molecular complexity index is 274. The van der Waals surface area contributed by atoms with Crippen LogP contribution < -0.4 is 0 Å². The van der Waals surface area contributed by atoms with Crippen LogP contribution in [0.2, 0.25) is 0 Å². The van der Waals surface area contributed by atoms with Crippen LogP contribution in [0.3, 0.4) is 0 Å². The van der Waals surface area contributed by atoms with Crippen molar-refractivity contribution in [2.75, 3.05) is 0 Å². The van der Waals surface area contributed by atoms with E-state index in [4.69, 9.17) is 0 Å². The first-order valence-electron chi connectivity index (χ1n) is 3.58. The maximum Gasteiger partial charge on any atom is 0.0697 e. The van der Waals surface area contributed by atoms with Gasteiger partial charge in [0.1, 0.15) is 0 Å². The average Bonchev–Trinajstić information content (AvgIpc) is 2.06. The zero-order valence-electron chi connectivity index (χ0n) is 6.62. The molecule has 56 valence electrons. The minimum Gasteiger partial charge on any atom is -0.261 e. The second-order valence-electron chi connectivity index (χ2n) is 2.15. The smallest absolute Gasteiger partial charge is 0.0697 e. The predicted octanol–water partition coefficient (Wildman–Crippen LogP) is 3.05. The Labute approximate surface area is 67.1 Å². The summed E-state index contributed by atoms with van der Waals surface area (Å²) in [6, 6.07) is 7.91. The van der Waals surface area contributed by atoms with Crippen molar-refractivity contribution in [3.63, 3.8) is 0 Å². The van der Waals surface area contributed by atoms with Crippen molar-refractivity contribution in [2.24, 2.45) is 4.99 Å². The molecule has 0 aliphatic rings. The van der Waals surface area contributed by atoms with Crippen molar-refractivity contribution in [3.05, 3.63) is 36.4 Å². The van der Waals surface area contributed by atoms with Crippen LogP contribution in [0.1, 0.15) is 12.5 Å². The molecule has 0 aliphatic heterocycles. The van der Waals surface area contributed by atoms with Crippen molar-refractivity contribution in [3.8, 4) is 0 Å². The Morgan fingerprint density at radius 2 is 2.09 bits per heavy atom. The van der Waals surface area contributed by atoms with Crippen molar-refractivity contribution in [1.82, 2.24) is 0 Å². The fourth-order valence-corrected chi connectivity index (χ4v) is 0.917. The predicted molar refractivity (Wildman–Crippen MR) is 50.4 cm³/mol. The van der Waals surface area contributed by atoms with E-state index in [0.29, 0.717) is 0 Å². The van der Waals surface area contributed by atoms with Gasteiger partial charge in [-0.05, 0) is 18.6 Å². The van der Waals surface area contributed by atoms with Crippen LogP contribution in [0.5, 0.6) is 0 Å². The molecule has 0 fully saturated rings. The Balaban J connectivity index is 3.11. The van der Waals surface area contributed by atoms with Crippen LogP contribution >= 0.6 is 0 Å². The van der Waals surface area contributed by atoms with E-state index in [0.717, 1.165) is 11.3 Å². The lowest BCUT2D eigenvalue weighted by atomic mass is 10.2. The number of nitrogens with zero attached hydrogens (tertiary/aromatic N) is 1. The molecule has 1 aromatic rings. The van der Waals surface area contributed by atoms with Crippen molar-refractivity contribution < 1.29 is 0 Å². The monoisotopic (exact) mass is 145 g/mol. The summed E-state index contributed by atoms with van der Waals surface area (Å²) in [7, 11) is 0. The molecule has 0 aromatic heterocycles. The van der Waals surface area contributed by atoms with Gasteiger partial charge in [0.05, 0.1) is 5.69 Å². The first-order chi connectivity index (χ1) is 5.38. The average molecular weight is 145 g/mol. The fraction of sp³-hybridized carbons (Fsp3) is 0.100. The maximum atomic E-state index is 4.18. The van der Waals surface area contributed by atoms with Gasteiger partial charge < -0.3 is 0 Å². The summed E-state index contributed by atoms with van der Waals surface area (Å²) < 4.78 is 0. The third-order valence-corrected chi connectivity index (χ3v) is 1.42. The molecule has 0 spiro atoms. The van der Waals surface area contributed by atoms with E-state index in [-0.39, 0.29) is 0 Å². The third kappa shape index (κ3) is 1.77. The molecule has 1 heteroatoms. The number of aliphatic imine (C=N–C) groups is 1. The molecule has 0 heterocycles. The van der Waals surface area contributed by atoms with E-state index in [1.807, 2.05) is 37.3 Å². The van der Waals surface area contributed by atoms with Crippen LogP contribution in [0.4, 0.5) is 5.69 Å². The van der Waals surface area contributed by atoms with E-state index in [1.54, 1.807) is 6.21 Å². The summed E-state index contributed by atoms with van der Waals surface area (Å²) in [5.74, 6) is 0. The van der Waals surface area contributed by atoms with Gasteiger partial charge in [0.25, 0.3) is 0 Å². The van der Waals surface area contributed by atoms with Crippen molar-refractivity contribution in [1.29, 1.82) is 0 Å². The van der Waals surface area contributed by atoms with Crippen molar-refractivity contribution >= 4 is 18.0 Å². The highest BCUT2D eigenvalue weighted by molar-refractivity contribution is 5.68. The molecule has 0 atom stereocenters. The van der Waals surface area contributed by atoms with E-state index in [9.17, 15) is 0 Å². The number of hydrogen-bond acceptors (Lipinski definition) is 1. The Hall–Kier alpha value is -1.37. The number of rotatable bonds is 2. The first kappa shape index (κ1) is 7.73. The first-order valence-corrected chi connectivity index (χ1v) is 3.58. The van der Waals surface area contributed by atoms with E-state index in [1.165, 1.54) is 0 Å². The lowest BCUT2D eigenvalue weighted by Crippen LogP contribution is -1.72. The molecule has 0 aliphatic carbocycles. The summed E-state index contributed by atoms with van der Waals surface area (Å²) in [4.78, 5) is 4.18. The van der Waals surface area contributed by atoms with Gasteiger partial charge in [-0.3, -0.25) is 4.99 Å². The lowest BCUT2D eigenvalue weighted by Gasteiger charge is -1.96. The fourth-order valence-electron chi connectivity index (χ4n) is 0.917. The molecule has 1 rings (SSSR count). The molecule has 0 amide bonds. The Morgan fingerprint density at radius 1 is 1.36 bits per heavy atom. The van der Waals surface area contributed by atoms with Crippen LogP contribution in [0, 0.1) is 0 Å². The Kier molecular flexibility index (Phi) is 2.61. The highest BCUT2D eigenvalue weighted by Gasteiger charge is 1.91. The normalized spacial score (nSPS) is 10.3. The second kappa shape index (κ2) is 3.71. The maximum absolute atomic E-state index is 4.18. The minimum atomic E-state index is 0.977. The zero-order valence-corrected chi connectivity index (χ0v) is 6.62. The van der Waals surface area contributed by atoms with Gasteiger partial charge in [-0.2, -0.15) is 0 Å². The lowest BCUT2D eigenvalue weighted by molar-refractivity contribution is 1.50. The van der Waals surface area contributed by atoms with Gasteiger partial charge in [-0.1, -0.05) is 30.9 Å². The van der Waals surface area contributed by atoms with Gasteiger partial charge >= 0.3 is 0 Å². The molecule has 0 bridgehead atoms. The number of benzene rings is 1. The molecule has 11 heavy (non-hydrogen) atoms. The summed E-state index contributed by atoms with van der Waals surface area (Å²) >= 11 is 0. The Morgan fingerprint density at radius 3 is 2.73 bits per heavy atom. The molecule has 1 aromatic carbocycles.